The van der Waals surface area contributed by atoms with E-state index in [9.17, 15) is 13.2 Å². The van der Waals surface area contributed by atoms with Gasteiger partial charge in [-0.2, -0.15) is 0 Å². The Hall–Kier alpha value is -1.38. The molecule has 0 aromatic heterocycles. The van der Waals surface area contributed by atoms with Gasteiger partial charge in [-0.15, -0.1) is 0 Å². The Kier molecular flexibility index (Phi) is 7.89. The lowest BCUT2D eigenvalue weighted by molar-refractivity contribution is 0.0492. The van der Waals surface area contributed by atoms with E-state index in [1.165, 1.54) is 0 Å². The summed E-state index contributed by atoms with van der Waals surface area (Å²) in [6.45, 7) is 15.9. The van der Waals surface area contributed by atoms with Crippen LogP contribution in [0, 0.1) is 0 Å². The van der Waals surface area contributed by atoms with Gasteiger partial charge in [-0.1, -0.05) is 39.0 Å². The molecule has 0 aliphatic heterocycles. The number of rotatable bonds is 7. The first-order chi connectivity index (χ1) is 12.5. The molecule has 1 amide bonds. The Balaban J connectivity index is 2.99. The molecule has 0 radical (unpaired) electrons. The molecule has 0 spiro atoms. The Morgan fingerprint density at radius 1 is 1.07 bits per heavy atom. The minimum atomic E-state index is -3.59. The summed E-state index contributed by atoms with van der Waals surface area (Å²) in [5, 5.41) is 2.65. The maximum absolute atomic E-state index is 12.8. The van der Waals surface area contributed by atoms with Gasteiger partial charge in [0.05, 0.1) is 23.3 Å². The summed E-state index contributed by atoms with van der Waals surface area (Å²) in [6.07, 6.45) is -0.653. The van der Waals surface area contributed by atoms with E-state index in [0.29, 0.717) is 0 Å². The van der Waals surface area contributed by atoms with E-state index in [-0.39, 0.29) is 22.3 Å². The van der Waals surface area contributed by atoms with Crippen LogP contribution >= 0.6 is 0 Å². The van der Waals surface area contributed by atoms with Gasteiger partial charge < -0.3 is 14.5 Å². The highest BCUT2D eigenvalue weighted by Gasteiger charge is 2.38. The van der Waals surface area contributed by atoms with E-state index in [1.807, 2.05) is 0 Å². The van der Waals surface area contributed by atoms with Crippen molar-refractivity contribution in [1.82, 2.24) is 5.32 Å². The number of nitrogens with one attached hydrogen (secondary N) is 1. The molecule has 6 nitrogen and oxygen atoms in total. The molecule has 0 heterocycles. The summed E-state index contributed by atoms with van der Waals surface area (Å²) in [5.74, 6) is -0.259. The number of amides is 1. The quantitative estimate of drug-likeness (QED) is 0.651. The van der Waals surface area contributed by atoms with Crippen LogP contribution in [0.4, 0.5) is 4.79 Å². The first-order valence-electron chi connectivity index (χ1n) is 9.45. The predicted molar refractivity (Wildman–Crippen MR) is 115 cm³/mol. The number of sulfone groups is 1. The second-order valence-corrected chi connectivity index (χ2v) is 16.4. The lowest BCUT2D eigenvalue weighted by Crippen LogP contribution is -2.49. The highest BCUT2D eigenvalue weighted by molar-refractivity contribution is 7.91. The van der Waals surface area contributed by atoms with Crippen LogP contribution in [0.3, 0.4) is 0 Å². The predicted octanol–water partition coefficient (Wildman–Crippen LogP) is 4.38. The number of hydrogen-bond acceptors (Lipinski definition) is 5. The van der Waals surface area contributed by atoms with Gasteiger partial charge in [0, 0.05) is 0 Å². The van der Waals surface area contributed by atoms with Crippen LogP contribution < -0.4 is 5.32 Å². The largest absolute Gasteiger partial charge is 0.444 e. The van der Waals surface area contributed by atoms with Crippen LogP contribution in [0.2, 0.25) is 18.1 Å². The zero-order chi connectivity index (χ0) is 21.8. The van der Waals surface area contributed by atoms with E-state index in [2.05, 4.69) is 39.2 Å². The van der Waals surface area contributed by atoms with E-state index >= 15 is 0 Å². The third-order valence-corrected chi connectivity index (χ3v) is 11.0. The highest BCUT2D eigenvalue weighted by atomic mass is 32.2. The number of carbonyl (C=O) groups excluding carboxylic acids is 1. The standard InChI is InChI=1S/C20H35NO5SSi/c1-19(2,3)26-18(22)21-16(14-25-28(7,8)20(4,5)6)15-27(23,24)17-12-10-9-11-13-17/h9-13,16H,14-15H2,1-8H3,(H,21,22)/t16-/m1/s1. The number of hydrogen-bond donors (Lipinski definition) is 1. The molecule has 1 atom stereocenters. The fraction of sp³-hybridized carbons (Fsp3) is 0.650. The second-order valence-electron chi connectivity index (χ2n) is 9.51. The van der Waals surface area contributed by atoms with Crippen molar-refractivity contribution in [2.75, 3.05) is 12.4 Å². The van der Waals surface area contributed by atoms with Crippen LogP contribution in [0.1, 0.15) is 41.5 Å². The minimum Gasteiger partial charge on any atom is -0.444 e. The average molecular weight is 430 g/mol. The minimum absolute atomic E-state index is 0.0260. The molecule has 28 heavy (non-hydrogen) atoms. The van der Waals surface area contributed by atoms with Crippen molar-refractivity contribution in [2.24, 2.45) is 0 Å². The molecule has 1 rings (SSSR count). The third-order valence-electron chi connectivity index (χ3n) is 4.70. The number of alkyl carbamates (subject to hydrolysis) is 1. The van der Waals surface area contributed by atoms with Gasteiger partial charge in [-0.3, -0.25) is 0 Å². The van der Waals surface area contributed by atoms with E-state index in [0.717, 1.165) is 0 Å². The Bertz CT molecular complexity index is 749. The van der Waals surface area contributed by atoms with E-state index in [4.69, 9.17) is 9.16 Å². The van der Waals surface area contributed by atoms with Gasteiger partial charge in [-0.25, -0.2) is 13.2 Å². The fourth-order valence-electron chi connectivity index (χ4n) is 2.12. The molecular weight excluding hydrogens is 394 g/mol. The topological polar surface area (TPSA) is 81.7 Å². The maximum Gasteiger partial charge on any atom is 0.407 e. The molecule has 160 valence electrons. The van der Waals surface area contributed by atoms with Gasteiger partial charge in [-0.05, 0) is 51.0 Å². The first-order valence-corrected chi connectivity index (χ1v) is 14.0. The zero-order valence-corrected chi connectivity index (χ0v) is 20.1. The molecule has 0 aliphatic carbocycles. The zero-order valence-electron chi connectivity index (χ0n) is 18.3. The van der Waals surface area contributed by atoms with Crippen molar-refractivity contribution in [3.05, 3.63) is 30.3 Å². The summed E-state index contributed by atoms with van der Waals surface area (Å²) in [5.41, 5.74) is -0.673. The van der Waals surface area contributed by atoms with Gasteiger partial charge in [0.25, 0.3) is 0 Å². The normalized spacial score (nSPS) is 14.4. The molecule has 0 unspecified atom stereocenters. The van der Waals surface area contributed by atoms with Crippen LogP contribution in [0.25, 0.3) is 0 Å². The maximum atomic E-state index is 12.8. The molecule has 0 saturated heterocycles. The van der Waals surface area contributed by atoms with Crippen LogP contribution in [-0.2, 0) is 19.0 Å². The van der Waals surface area contributed by atoms with Crippen LogP contribution in [0.5, 0.6) is 0 Å². The average Bonchev–Trinajstić information content (AvgIpc) is 2.50. The molecule has 8 heteroatoms. The van der Waals surface area contributed by atoms with Crippen LogP contribution in [-0.4, -0.2) is 46.8 Å². The molecule has 0 fully saturated rings. The molecule has 1 N–H and O–H groups in total. The van der Waals surface area contributed by atoms with E-state index in [1.54, 1.807) is 51.1 Å². The molecule has 0 saturated carbocycles. The highest BCUT2D eigenvalue weighted by Crippen LogP contribution is 2.36. The Morgan fingerprint density at radius 2 is 1.61 bits per heavy atom. The lowest BCUT2D eigenvalue weighted by atomic mass is 10.2. The monoisotopic (exact) mass is 429 g/mol. The van der Waals surface area contributed by atoms with Crippen molar-refractivity contribution >= 4 is 24.2 Å². The summed E-state index contributed by atoms with van der Waals surface area (Å²) in [7, 11) is -5.69. The third kappa shape index (κ3) is 7.93. The summed E-state index contributed by atoms with van der Waals surface area (Å²) >= 11 is 0. The number of benzene rings is 1. The fourth-order valence-corrected chi connectivity index (χ4v) is 4.64. The molecule has 0 bridgehead atoms. The molecular formula is C20H35NO5SSi. The van der Waals surface area contributed by atoms with Crippen molar-refractivity contribution in [3.63, 3.8) is 0 Å². The van der Waals surface area contributed by atoms with Crippen molar-refractivity contribution in [3.8, 4) is 0 Å². The molecule has 1 aromatic carbocycles. The Labute approximate surface area is 171 Å². The number of ether oxygens (including phenoxy) is 1. The SMILES string of the molecule is CC(C)(C)OC(=O)N[C@H](CO[Si](C)(C)C(C)(C)C)CS(=O)(=O)c1ccccc1. The van der Waals surface area contributed by atoms with Gasteiger partial charge in [0.1, 0.15) is 5.60 Å². The smallest absolute Gasteiger partial charge is 0.407 e. The number of carbonyl (C=O) groups is 1. The Morgan fingerprint density at radius 3 is 2.07 bits per heavy atom. The summed E-state index contributed by atoms with van der Waals surface area (Å²) < 4.78 is 37.1. The van der Waals surface area contributed by atoms with Gasteiger partial charge in [0.15, 0.2) is 18.2 Å². The second kappa shape index (κ2) is 8.96. The summed E-state index contributed by atoms with van der Waals surface area (Å²) in [4.78, 5) is 12.5. The molecule has 1 aromatic rings. The van der Waals surface area contributed by atoms with Crippen LogP contribution in [0.15, 0.2) is 35.2 Å². The van der Waals surface area contributed by atoms with E-state index < -0.39 is 35.9 Å². The van der Waals surface area contributed by atoms with Crippen molar-refractivity contribution < 1.29 is 22.4 Å². The molecule has 0 aliphatic rings. The van der Waals surface area contributed by atoms with Crippen molar-refractivity contribution in [2.45, 2.75) is 76.2 Å². The van der Waals surface area contributed by atoms with Gasteiger partial charge in [0.2, 0.25) is 0 Å². The van der Waals surface area contributed by atoms with Gasteiger partial charge >= 0.3 is 6.09 Å². The first kappa shape index (κ1) is 24.7. The van der Waals surface area contributed by atoms with Crippen molar-refractivity contribution in [1.29, 1.82) is 0 Å². The summed E-state index contributed by atoms with van der Waals surface area (Å²) in [6, 6.07) is 7.50. The lowest BCUT2D eigenvalue weighted by Gasteiger charge is -2.37.